The van der Waals surface area contributed by atoms with Crippen molar-refractivity contribution >= 4 is 15.7 Å². The molecule has 0 aromatic heterocycles. The van der Waals surface area contributed by atoms with Crippen molar-refractivity contribution in [2.75, 3.05) is 6.54 Å². The van der Waals surface area contributed by atoms with Gasteiger partial charge in [-0.1, -0.05) is 32.8 Å². The van der Waals surface area contributed by atoms with E-state index in [9.17, 15) is 23.6 Å². The Morgan fingerprint density at radius 3 is 2.48 bits per heavy atom. The number of nitrogens with zero attached hydrogens (tertiary/aromatic N) is 1. The van der Waals surface area contributed by atoms with Crippen LogP contribution in [-0.2, 0) is 10.0 Å². The molecule has 0 heterocycles. The zero-order valence-corrected chi connectivity index (χ0v) is 12.8. The molecule has 1 atom stereocenters. The quantitative estimate of drug-likeness (QED) is 0.560. The molecular weight excluding hydrogens is 296 g/mol. The van der Waals surface area contributed by atoms with E-state index < -0.39 is 21.1 Å². The second kappa shape index (κ2) is 7.48. The number of nitro groups is 1. The van der Waals surface area contributed by atoms with E-state index in [1.165, 1.54) is 18.2 Å². The number of sulfonamides is 1. The second-order valence-corrected chi connectivity index (χ2v) is 6.52. The number of benzene rings is 1. The minimum absolute atomic E-state index is 0.0119. The lowest BCUT2D eigenvalue weighted by molar-refractivity contribution is -0.385. The maximum atomic E-state index is 12.1. The molecule has 0 bridgehead atoms. The molecule has 0 spiro atoms. The van der Waals surface area contributed by atoms with Gasteiger partial charge in [-0.15, -0.1) is 0 Å². The molecule has 1 rings (SSSR count). The van der Waals surface area contributed by atoms with Crippen molar-refractivity contribution in [3.63, 3.8) is 0 Å². The van der Waals surface area contributed by atoms with Crippen molar-refractivity contribution in [2.24, 2.45) is 5.92 Å². The Labute approximate surface area is 124 Å². The molecule has 21 heavy (non-hydrogen) atoms. The van der Waals surface area contributed by atoms with Crippen LogP contribution in [-0.4, -0.2) is 31.1 Å². The molecule has 0 radical (unpaired) electrons. The summed E-state index contributed by atoms with van der Waals surface area (Å²) < 4.78 is 26.4. The van der Waals surface area contributed by atoms with Crippen molar-refractivity contribution in [3.05, 3.63) is 34.4 Å². The first-order valence-electron chi connectivity index (χ1n) is 6.74. The molecule has 0 saturated heterocycles. The largest absolute Gasteiger partial charge is 0.391 e. The number of aliphatic hydroxyl groups is 1. The topological polar surface area (TPSA) is 110 Å². The fraction of sp³-hybridized carbons (Fsp3) is 0.538. The van der Waals surface area contributed by atoms with Gasteiger partial charge in [-0.2, -0.15) is 0 Å². The normalized spacial score (nSPS) is 13.3. The Bertz CT molecular complexity index is 584. The molecule has 0 aliphatic rings. The van der Waals surface area contributed by atoms with Crippen molar-refractivity contribution in [1.82, 2.24) is 4.72 Å². The van der Waals surface area contributed by atoms with Crippen LogP contribution in [0.25, 0.3) is 0 Å². The van der Waals surface area contributed by atoms with E-state index in [0.717, 1.165) is 18.9 Å². The fourth-order valence-electron chi connectivity index (χ4n) is 2.04. The van der Waals surface area contributed by atoms with E-state index in [0.29, 0.717) is 0 Å². The summed E-state index contributed by atoms with van der Waals surface area (Å²) in [7, 11) is -3.88. The van der Waals surface area contributed by atoms with Crippen LogP contribution in [0.15, 0.2) is 29.2 Å². The lowest BCUT2D eigenvalue weighted by Crippen LogP contribution is -2.36. The number of rotatable bonds is 8. The standard InChI is InChI=1S/C13H20N2O5S/c1-3-10(4-2)13(16)9-14-21(19,20)12-7-5-6-11(8-12)15(17)18/h5-8,10,13-14,16H,3-4,9H2,1-2H3. The Kier molecular flexibility index (Phi) is 6.25. The minimum atomic E-state index is -3.88. The molecule has 1 aromatic carbocycles. The maximum absolute atomic E-state index is 12.1. The van der Waals surface area contributed by atoms with E-state index in [2.05, 4.69) is 4.72 Å². The zero-order chi connectivity index (χ0) is 16.0. The molecule has 7 nitrogen and oxygen atoms in total. The SMILES string of the molecule is CCC(CC)C(O)CNS(=O)(=O)c1cccc([N+](=O)[O-])c1. The van der Waals surface area contributed by atoms with Crippen LogP contribution in [0.1, 0.15) is 26.7 Å². The smallest absolute Gasteiger partial charge is 0.270 e. The van der Waals surface area contributed by atoms with E-state index in [4.69, 9.17) is 0 Å². The number of hydrogen-bond donors (Lipinski definition) is 2. The third kappa shape index (κ3) is 4.76. The minimum Gasteiger partial charge on any atom is -0.391 e. The number of aliphatic hydroxyl groups excluding tert-OH is 1. The van der Waals surface area contributed by atoms with Gasteiger partial charge in [0.1, 0.15) is 0 Å². The van der Waals surface area contributed by atoms with Crippen LogP contribution >= 0.6 is 0 Å². The zero-order valence-electron chi connectivity index (χ0n) is 12.0. The molecule has 0 saturated carbocycles. The molecule has 118 valence electrons. The number of nitrogens with one attached hydrogen (secondary N) is 1. The van der Waals surface area contributed by atoms with E-state index >= 15 is 0 Å². The van der Waals surface area contributed by atoms with Gasteiger partial charge in [0.25, 0.3) is 5.69 Å². The number of nitro benzene ring substituents is 1. The third-order valence-corrected chi connectivity index (χ3v) is 4.84. The molecule has 1 aromatic rings. The van der Waals surface area contributed by atoms with Gasteiger partial charge in [-0.3, -0.25) is 10.1 Å². The van der Waals surface area contributed by atoms with E-state index in [1.54, 1.807) is 0 Å². The van der Waals surface area contributed by atoms with Crippen molar-refractivity contribution in [1.29, 1.82) is 0 Å². The Balaban J connectivity index is 2.82. The summed E-state index contributed by atoms with van der Waals surface area (Å²) in [5, 5.41) is 20.6. The van der Waals surface area contributed by atoms with Gasteiger partial charge in [-0.05, 0) is 12.0 Å². The van der Waals surface area contributed by atoms with Gasteiger partial charge < -0.3 is 5.11 Å². The van der Waals surface area contributed by atoms with Gasteiger partial charge in [0, 0.05) is 18.7 Å². The van der Waals surface area contributed by atoms with Crippen molar-refractivity contribution < 1.29 is 18.4 Å². The molecule has 1 unspecified atom stereocenters. The monoisotopic (exact) mass is 316 g/mol. The predicted molar refractivity (Wildman–Crippen MR) is 78.4 cm³/mol. The lowest BCUT2D eigenvalue weighted by atomic mass is 9.97. The molecule has 2 N–H and O–H groups in total. The van der Waals surface area contributed by atoms with Crippen LogP contribution in [0.5, 0.6) is 0 Å². The average Bonchev–Trinajstić information content (AvgIpc) is 2.46. The van der Waals surface area contributed by atoms with Crippen LogP contribution in [0.4, 0.5) is 5.69 Å². The van der Waals surface area contributed by atoms with Crippen molar-refractivity contribution in [3.8, 4) is 0 Å². The second-order valence-electron chi connectivity index (χ2n) is 4.75. The van der Waals surface area contributed by atoms with Gasteiger partial charge in [-0.25, -0.2) is 13.1 Å². The van der Waals surface area contributed by atoms with Crippen LogP contribution < -0.4 is 4.72 Å². The highest BCUT2D eigenvalue weighted by molar-refractivity contribution is 7.89. The summed E-state index contributed by atoms with van der Waals surface area (Å²) in [6, 6.07) is 4.80. The number of non-ortho nitro benzene ring substituents is 1. The van der Waals surface area contributed by atoms with Gasteiger partial charge in [0.15, 0.2) is 0 Å². The predicted octanol–water partition coefficient (Wildman–Crippen LogP) is 1.67. The summed E-state index contributed by atoms with van der Waals surface area (Å²) in [6.45, 7) is 3.73. The van der Waals surface area contributed by atoms with Gasteiger partial charge >= 0.3 is 0 Å². The summed E-state index contributed by atoms with van der Waals surface area (Å²) >= 11 is 0. The van der Waals surface area contributed by atoms with E-state index in [1.807, 2.05) is 13.8 Å². The summed E-state index contributed by atoms with van der Waals surface area (Å²) in [5.41, 5.74) is -0.293. The Morgan fingerprint density at radius 2 is 1.95 bits per heavy atom. The van der Waals surface area contributed by atoms with Crippen molar-refractivity contribution in [2.45, 2.75) is 37.7 Å². The van der Waals surface area contributed by atoms with E-state index in [-0.39, 0.29) is 23.0 Å². The van der Waals surface area contributed by atoms with Crippen LogP contribution in [0.3, 0.4) is 0 Å². The Morgan fingerprint density at radius 1 is 1.33 bits per heavy atom. The first-order chi connectivity index (χ1) is 9.81. The molecule has 0 amide bonds. The average molecular weight is 316 g/mol. The molecule has 0 aliphatic heterocycles. The molecule has 8 heteroatoms. The maximum Gasteiger partial charge on any atom is 0.270 e. The fourth-order valence-corrected chi connectivity index (χ4v) is 3.13. The molecular formula is C13H20N2O5S. The van der Waals surface area contributed by atoms with Crippen LogP contribution in [0.2, 0.25) is 0 Å². The molecule has 0 fully saturated rings. The lowest BCUT2D eigenvalue weighted by Gasteiger charge is -2.20. The highest BCUT2D eigenvalue weighted by Crippen LogP contribution is 2.18. The summed E-state index contributed by atoms with van der Waals surface area (Å²) in [6.07, 6.45) is 0.709. The Hall–Kier alpha value is -1.51. The summed E-state index contributed by atoms with van der Waals surface area (Å²) in [5.74, 6) is 0.0119. The highest BCUT2D eigenvalue weighted by Gasteiger charge is 2.21. The van der Waals surface area contributed by atoms with Gasteiger partial charge in [0.2, 0.25) is 10.0 Å². The first kappa shape index (κ1) is 17.5. The van der Waals surface area contributed by atoms with Gasteiger partial charge in [0.05, 0.1) is 15.9 Å². The summed E-state index contributed by atoms with van der Waals surface area (Å²) in [4.78, 5) is 9.82. The highest BCUT2D eigenvalue weighted by atomic mass is 32.2. The first-order valence-corrected chi connectivity index (χ1v) is 8.22. The molecule has 0 aliphatic carbocycles. The number of hydrogen-bond acceptors (Lipinski definition) is 5. The van der Waals surface area contributed by atoms with Crippen LogP contribution in [0, 0.1) is 16.0 Å². The third-order valence-electron chi connectivity index (χ3n) is 3.41.